The van der Waals surface area contributed by atoms with E-state index in [2.05, 4.69) is 141 Å². The lowest BCUT2D eigenvalue weighted by molar-refractivity contribution is 0.630. The summed E-state index contributed by atoms with van der Waals surface area (Å²) < 4.78 is 0. The minimum absolute atomic E-state index is 0.665. The zero-order valence-electron chi connectivity index (χ0n) is 24.6. The van der Waals surface area contributed by atoms with Gasteiger partial charge in [-0.2, -0.15) is 0 Å². The second kappa shape index (κ2) is 10.9. The Morgan fingerprint density at radius 2 is 1.24 bits per heavy atom. The molecule has 0 bridgehead atoms. The van der Waals surface area contributed by atoms with Gasteiger partial charge in [-0.25, -0.2) is 0 Å². The second-order valence-corrected chi connectivity index (χ2v) is 11.6. The summed E-state index contributed by atoms with van der Waals surface area (Å²) in [6, 6.07) is 38.1. The fraction of sp³-hybridized carbons (Fsp3) is 0.146. The van der Waals surface area contributed by atoms with Gasteiger partial charge in [-0.15, -0.1) is 0 Å². The van der Waals surface area contributed by atoms with Gasteiger partial charge in [-0.3, -0.25) is 4.98 Å². The van der Waals surface area contributed by atoms with Crippen LogP contribution in [0.2, 0.25) is 0 Å². The van der Waals surface area contributed by atoms with Gasteiger partial charge in [0.25, 0.3) is 0 Å². The zero-order chi connectivity index (χ0) is 28.6. The van der Waals surface area contributed by atoms with E-state index in [1.54, 1.807) is 0 Å². The predicted octanol–water partition coefficient (Wildman–Crippen LogP) is 11.5. The zero-order valence-corrected chi connectivity index (χ0v) is 24.6. The number of pyridine rings is 1. The molecule has 1 aromatic heterocycles. The maximum atomic E-state index is 4.31. The van der Waals surface area contributed by atoms with Gasteiger partial charge in [-0.1, -0.05) is 110 Å². The lowest BCUT2D eigenvalue weighted by Gasteiger charge is -2.20. The van der Waals surface area contributed by atoms with E-state index >= 15 is 0 Å². The average Bonchev–Trinajstić information content (AvgIpc) is 3.04. The fourth-order valence-electron chi connectivity index (χ4n) is 6.78. The maximum absolute atomic E-state index is 4.31. The van der Waals surface area contributed by atoms with E-state index in [4.69, 9.17) is 0 Å². The lowest BCUT2D eigenvalue weighted by atomic mass is 9.84. The topological polar surface area (TPSA) is 12.9 Å². The Kier molecular flexibility index (Phi) is 6.80. The molecular weight excluding hydrogens is 506 g/mol. The summed E-state index contributed by atoms with van der Waals surface area (Å²) in [7, 11) is 0. The van der Waals surface area contributed by atoms with Crippen LogP contribution < -0.4 is 0 Å². The van der Waals surface area contributed by atoms with Gasteiger partial charge >= 0.3 is 0 Å². The van der Waals surface area contributed by atoms with Crippen LogP contribution in [0, 0.1) is 12.8 Å². The number of hydrogen-bond acceptors (Lipinski definition) is 1. The summed E-state index contributed by atoms with van der Waals surface area (Å²) in [5.41, 5.74) is 12.8. The van der Waals surface area contributed by atoms with Crippen molar-refractivity contribution >= 4 is 27.1 Å². The highest BCUT2D eigenvalue weighted by atomic mass is 14.6. The number of allylic oxidation sites excluding steroid dienone is 4. The van der Waals surface area contributed by atoms with Gasteiger partial charge < -0.3 is 0 Å². The summed E-state index contributed by atoms with van der Waals surface area (Å²) in [4.78, 5) is 4.31. The highest BCUT2D eigenvalue weighted by molar-refractivity contribution is 6.21. The van der Waals surface area contributed by atoms with Gasteiger partial charge in [0.05, 0.1) is 0 Å². The Morgan fingerprint density at radius 1 is 0.643 bits per heavy atom. The maximum Gasteiger partial charge on any atom is 0.0303 e. The molecule has 0 N–H and O–H groups in total. The van der Waals surface area contributed by atoms with Crippen LogP contribution in [0.3, 0.4) is 0 Å². The van der Waals surface area contributed by atoms with Crippen molar-refractivity contribution in [1.82, 2.24) is 4.98 Å². The molecule has 0 fully saturated rings. The van der Waals surface area contributed by atoms with Crippen LogP contribution in [-0.4, -0.2) is 4.98 Å². The highest BCUT2D eigenvalue weighted by Gasteiger charge is 2.18. The molecule has 1 heterocycles. The average molecular weight is 542 g/mol. The van der Waals surface area contributed by atoms with E-state index in [0.29, 0.717) is 5.92 Å². The van der Waals surface area contributed by atoms with E-state index in [1.165, 1.54) is 83.6 Å². The van der Waals surface area contributed by atoms with Gasteiger partial charge in [0, 0.05) is 12.4 Å². The standard InChI is InChI=1S/C41H35N/c1-4-29-16-21-34(27(2)24-29)30-17-19-31(20-18-30)40-36-12-5-7-14-38(36)41(39-15-8-6-13-37(39)40)33-11-9-10-32(25-33)35-22-23-42-26-28(35)3/h5-15,17-26,29H,4,16H2,1-3H3. The molecule has 0 saturated heterocycles. The third kappa shape index (κ3) is 4.56. The molecule has 6 aromatic rings. The molecule has 7 rings (SSSR count). The normalized spacial score (nSPS) is 15.1. The van der Waals surface area contributed by atoms with E-state index < -0.39 is 0 Å². The van der Waals surface area contributed by atoms with Crippen molar-refractivity contribution in [1.29, 1.82) is 0 Å². The number of fused-ring (bicyclic) bond motifs is 2. The number of nitrogens with zero attached hydrogens (tertiary/aromatic N) is 1. The fourth-order valence-corrected chi connectivity index (χ4v) is 6.78. The van der Waals surface area contributed by atoms with Gasteiger partial charge in [0.1, 0.15) is 0 Å². The lowest BCUT2D eigenvalue weighted by Crippen LogP contribution is -2.01. The first-order valence-corrected chi connectivity index (χ1v) is 15.1. The number of hydrogen-bond donors (Lipinski definition) is 0. The van der Waals surface area contributed by atoms with Crippen molar-refractivity contribution in [3.05, 3.63) is 144 Å². The summed E-state index contributed by atoms with van der Waals surface area (Å²) in [6.07, 6.45) is 11.0. The van der Waals surface area contributed by atoms with Crippen molar-refractivity contribution in [2.45, 2.75) is 33.6 Å². The largest absolute Gasteiger partial charge is 0.264 e. The molecule has 1 unspecified atom stereocenters. The third-order valence-corrected chi connectivity index (χ3v) is 8.96. The van der Waals surface area contributed by atoms with Gasteiger partial charge in [0.15, 0.2) is 0 Å². The molecule has 1 atom stereocenters. The van der Waals surface area contributed by atoms with Gasteiger partial charge in [0.2, 0.25) is 0 Å². The second-order valence-electron chi connectivity index (χ2n) is 11.6. The van der Waals surface area contributed by atoms with Crippen LogP contribution in [-0.2, 0) is 0 Å². The molecule has 0 radical (unpaired) electrons. The van der Waals surface area contributed by atoms with Crippen molar-refractivity contribution in [3.8, 4) is 33.4 Å². The smallest absolute Gasteiger partial charge is 0.0303 e. The minimum atomic E-state index is 0.665. The Bertz CT molecular complexity index is 1950. The van der Waals surface area contributed by atoms with E-state index in [1.807, 2.05) is 12.4 Å². The molecule has 204 valence electrons. The number of benzene rings is 5. The Balaban J connectivity index is 1.40. The predicted molar refractivity (Wildman–Crippen MR) is 180 cm³/mol. The SMILES string of the molecule is CCC1C=C(C)C(c2ccc(-c3c4ccccc4c(-c4cccc(-c5ccncc5C)c4)c4ccccc34)cc2)=CC1. The highest BCUT2D eigenvalue weighted by Crippen LogP contribution is 2.44. The summed E-state index contributed by atoms with van der Waals surface area (Å²) in [6.45, 7) is 6.66. The molecule has 1 aliphatic carbocycles. The molecule has 0 spiro atoms. The third-order valence-electron chi connectivity index (χ3n) is 8.96. The van der Waals surface area contributed by atoms with Crippen LogP contribution >= 0.6 is 0 Å². The number of rotatable bonds is 5. The number of aromatic nitrogens is 1. The van der Waals surface area contributed by atoms with Crippen molar-refractivity contribution in [2.24, 2.45) is 5.92 Å². The van der Waals surface area contributed by atoms with Crippen LogP contribution in [0.1, 0.15) is 37.8 Å². The van der Waals surface area contributed by atoms with Crippen molar-refractivity contribution < 1.29 is 0 Å². The number of aryl methyl sites for hydroxylation is 1. The van der Waals surface area contributed by atoms with Crippen LogP contribution in [0.15, 0.2) is 133 Å². The van der Waals surface area contributed by atoms with Crippen LogP contribution in [0.25, 0.3) is 60.5 Å². The molecule has 0 saturated carbocycles. The molecule has 0 amide bonds. The van der Waals surface area contributed by atoms with E-state index in [9.17, 15) is 0 Å². The Labute approximate surface area is 248 Å². The van der Waals surface area contributed by atoms with Crippen molar-refractivity contribution in [2.75, 3.05) is 0 Å². The first kappa shape index (κ1) is 26.2. The molecule has 42 heavy (non-hydrogen) atoms. The quantitative estimate of drug-likeness (QED) is 0.198. The molecule has 0 aliphatic heterocycles. The Hall–Kier alpha value is -4.75. The Morgan fingerprint density at radius 3 is 1.83 bits per heavy atom. The van der Waals surface area contributed by atoms with Crippen molar-refractivity contribution in [3.63, 3.8) is 0 Å². The first-order chi connectivity index (χ1) is 20.6. The summed E-state index contributed by atoms with van der Waals surface area (Å²) >= 11 is 0. The summed E-state index contributed by atoms with van der Waals surface area (Å²) in [5, 5.41) is 5.11. The molecule has 1 nitrogen and oxygen atoms in total. The molecule has 1 heteroatoms. The first-order valence-electron chi connectivity index (χ1n) is 15.1. The minimum Gasteiger partial charge on any atom is -0.264 e. The molecule has 5 aromatic carbocycles. The molecular formula is C41H35N. The van der Waals surface area contributed by atoms with Crippen LogP contribution in [0.5, 0.6) is 0 Å². The van der Waals surface area contributed by atoms with E-state index in [-0.39, 0.29) is 0 Å². The summed E-state index contributed by atoms with van der Waals surface area (Å²) in [5.74, 6) is 0.665. The van der Waals surface area contributed by atoms with Crippen LogP contribution in [0.4, 0.5) is 0 Å². The molecule has 1 aliphatic rings. The monoisotopic (exact) mass is 541 g/mol. The van der Waals surface area contributed by atoms with E-state index in [0.717, 1.165) is 6.42 Å². The van der Waals surface area contributed by atoms with Gasteiger partial charge in [-0.05, 0) is 122 Å².